The highest BCUT2D eigenvalue weighted by atomic mass is 127. The summed E-state index contributed by atoms with van der Waals surface area (Å²) in [5.74, 6) is 0.422. The quantitative estimate of drug-likeness (QED) is 0.292. The van der Waals surface area contributed by atoms with Gasteiger partial charge in [-0.05, 0) is 31.9 Å². The van der Waals surface area contributed by atoms with E-state index in [1.54, 1.807) is 0 Å². The van der Waals surface area contributed by atoms with Crippen molar-refractivity contribution in [1.82, 2.24) is 15.5 Å². The number of nitrogens with one attached hydrogen (secondary N) is 2. The van der Waals surface area contributed by atoms with E-state index >= 15 is 0 Å². The minimum absolute atomic E-state index is 0. The number of hydrogen-bond donors (Lipinski definition) is 2. The molecule has 1 aromatic carbocycles. The number of alkyl halides is 3. The molecule has 29 heavy (non-hydrogen) atoms. The Hall–Kier alpha value is -1.72. The Bertz CT molecular complexity index is 669. The fourth-order valence-electron chi connectivity index (χ4n) is 2.30. The van der Waals surface area contributed by atoms with Gasteiger partial charge in [0.15, 0.2) is 5.96 Å². The van der Waals surface area contributed by atoms with Gasteiger partial charge in [-0.3, -0.25) is 4.79 Å². The molecule has 6 nitrogen and oxygen atoms in total. The van der Waals surface area contributed by atoms with Crippen molar-refractivity contribution in [3.05, 3.63) is 29.3 Å². The minimum Gasteiger partial charge on any atom is -0.493 e. The van der Waals surface area contributed by atoms with Crippen LogP contribution >= 0.6 is 24.0 Å². The molecule has 2 N–H and O–H groups in total. The molecule has 10 heteroatoms. The van der Waals surface area contributed by atoms with Gasteiger partial charge in [0.05, 0.1) is 19.7 Å². The third-order valence-corrected chi connectivity index (χ3v) is 3.69. The number of ether oxygens (including phenoxy) is 1. The topological polar surface area (TPSA) is 66.0 Å². The number of nitrogens with zero attached hydrogens (tertiary/aromatic N) is 2. The Morgan fingerprint density at radius 2 is 1.93 bits per heavy atom. The van der Waals surface area contributed by atoms with Crippen LogP contribution in [0, 0.1) is 6.92 Å². The summed E-state index contributed by atoms with van der Waals surface area (Å²) < 4.78 is 42.9. The van der Waals surface area contributed by atoms with E-state index in [1.165, 1.54) is 0 Å². The molecule has 0 saturated heterocycles. The van der Waals surface area contributed by atoms with E-state index in [0.717, 1.165) is 30.3 Å². The summed E-state index contributed by atoms with van der Waals surface area (Å²) in [6.07, 6.45) is -3.54. The van der Waals surface area contributed by atoms with Crippen molar-refractivity contribution in [2.45, 2.75) is 39.9 Å². The normalized spacial score (nSPS) is 11.5. The Kier molecular flexibility index (Phi) is 12.7. The highest BCUT2D eigenvalue weighted by Crippen LogP contribution is 2.21. The number of aliphatic imine (C=N–C) groups is 1. The standard InChI is InChI=1S/C19H29F3N4O2.HI/c1-5-9-28-16-10-14(3)7-8-15(16)11-24-18(23-6-2)25-12-17(27)26(4)13-19(20,21)22;/h7-8,10H,5-6,9,11-13H2,1-4H3,(H2,23,24,25);1H. The summed E-state index contributed by atoms with van der Waals surface area (Å²) >= 11 is 0. The van der Waals surface area contributed by atoms with E-state index in [1.807, 2.05) is 39.0 Å². The monoisotopic (exact) mass is 530 g/mol. The van der Waals surface area contributed by atoms with Gasteiger partial charge in [-0.25, -0.2) is 4.99 Å². The summed E-state index contributed by atoms with van der Waals surface area (Å²) in [6.45, 7) is 5.73. The van der Waals surface area contributed by atoms with E-state index in [2.05, 4.69) is 15.6 Å². The smallest absolute Gasteiger partial charge is 0.406 e. The Balaban J connectivity index is 0.00000784. The largest absolute Gasteiger partial charge is 0.493 e. The molecular formula is C19H30F3IN4O2. The van der Waals surface area contributed by atoms with Crippen molar-refractivity contribution in [2.75, 3.05) is 33.3 Å². The molecule has 0 saturated carbocycles. The molecule has 0 aliphatic rings. The van der Waals surface area contributed by atoms with Crippen molar-refractivity contribution < 1.29 is 22.7 Å². The van der Waals surface area contributed by atoms with Crippen molar-refractivity contribution in [2.24, 2.45) is 4.99 Å². The molecule has 0 bridgehead atoms. The lowest BCUT2D eigenvalue weighted by molar-refractivity contribution is -0.157. The first-order valence-corrected chi connectivity index (χ1v) is 9.21. The van der Waals surface area contributed by atoms with Gasteiger partial charge in [0.25, 0.3) is 0 Å². The molecule has 0 unspecified atom stereocenters. The minimum atomic E-state index is -4.43. The number of likely N-dealkylation sites (N-methyl/N-ethyl adjacent to an activating group) is 1. The molecule has 1 rings (SSSR count). The van der Waals surface area contributed by atoms with E-state index in [0.29, 0.717) is 30.6 Å². The van der Waals surface area contributed by atoms with Crippen LogP contribution in [0.1, 0.15) is 31.4 Å². The lowest BCUT2D eigenvalue weighted by Crippen LogP contribution is -2.45. The van der Waals surface area contributed by atoms with Gasteiger partial charge in [0.2, 0.25) is 5.91 Å². The summed E-state index contributed by atoms with van der Waals surface area (Å²) in [5, 5.41) is 5.75. The average Bonchev–Trinajstić information content (AvgIpc) is 2.61. The zero-order valence-corrected chi connectivity index (χ0v) is 19.6. The number of carbonyl (C=O) groups is 1. The maximum absolute atomic E-state index is 12.4. The Morgan fingerprint density at radius 1 is 1.24 bits per heavy atom. The van der Waals surface area contributed by atoms with E-state index in [4.69, 9.17) is 4.74 Å². The third kappa shape index (κ3) is 11.1. The number of guanidine groups is 1. The predicted octanol–water partition coefficient (Wildman–Crippen LogP) is 3.48. The molecular weight excluding hydrogens is 500 g/mol. The number of hydrogen-bond acceptors (Lipinski definition) is 3. The molecule has 0 heterocycles. The number of amides is 1. The first kappa shape index (κ1) is 27.3. The summed E-state index contributed by atoms with van der Waals surface area (Å²) in [7, 11) is 1.12. The van der Waals surface area contributed by atoms with Gasteiger partial charge in [0.1, 0.15) is 12.3 Å². The molecule has 0 aliphatic carbocycles. The van der Waals surface area contributed by atoms with Crippen LogP contribution in [0.4, 0.5) is 13.2 Å². The maximum Gasteiger partial charge on any atom is 0.406 e. The Labute approximate surface area is 187 Å². The SMILES string of the molecule is CCCOc1cc(C)ccc1CN=C(NCC)NCC(=O)N(C)CC(F)(F)F.I. The van der Waals surface area contributed by atoms with Crippen LogP contribution in [0.25, 0.3) is 0 Å². The first-order valence-electron chi connectivity index (χ1n) is 9.21. The summed E-state index contributed by atoms with van der Waals surface area (Å²) in [6, 6.07) is 5.83. The lowest BCUT2D eigenvalue weighted by atomic mass is 10.1. The fourth-order valence-corrected chi connectivity index (χ4v) is 2.30. The fraction of sp³-hybridized carbons (Fsp3) is 0.579. The Morgan fingerprint density at radius 3 is 2.52 bits per heavy atom. The maximum atomic E-state index is 12.4. The van der Waals surface area contributed by atoms with Crippen LogP contribution in [0.2, 0.25) is 0 Å². The number of halogens is 4. The summed E-state index contributed by atoms with van der Waals surface area (Å²) in [5.41, 5.74) is 1.96. The second-order valence-corrected chi connectivity index (χ2v) is 6.37. The number of aryl methyl sites for hydroxylation is 1. The highest BCUT2D eigenvalue weighted by molar-refractivity contribution is 14.0. The van der Waals surface area contributed by atoms with Gasteiger partial charge < -0.3 is 20.3 Å². The predicted molar refractivity (Wildman–Crippen MR) is 119 cm³/mol. The van der Waals surface area contributed by atoms with Crippen LogP contribution in [-0.4, -0.2) is 56.2 Å². The molecule has 1 amide bonds. The molecule has 0 radical (unpaired) electrons. The van der Waals surface area contributed by atoms with Crippen molar-refractivity contribution in [1.29, 1.82) is 0 Å². The molecule has 0 aromatic heterocycles. The molecule has 0 spiro atoms. The second kappa shape index (κ2) is 13.5. The van der Waals surface area contributed by atoms with Gasteiger partial charge in [0, 0.05) is 19.2 Å². The van der Waals surface area contributed by atoms with Gasteiger partial charge >= 0.3 is 6.18 Å². The molecule has 0 fully saturated rings. The number of carbonyl (C=O) groups excluding carboxylic acids is 1. The van der Waals surface area contributed by atoms with Gasteiger partial charge in [-0.1, -0.05) is 19.1 Å². The van der Waals surface area contributed by atoms with Crippen LogP contribution in [0.3, 0.4) is 0 Å². The van der Waals surface area contributed by atoms with Gasteiger partial charge in [-0.15, -0.1) is 24.0 Å². The molecule has 0 atom stereocenters. The second-order valence-electron chi connectivity index (χ2n) is 6.37. The van der Waals surface area contributed by atoms with Crippen molar-refractivity contribution in [3.8, 4) is 5.75 Å². The first-order chi connectivity index (χ1) is 13.2. The van der Waals surface area contributed by atoms with E-state index in [9.17, 15) is 18.0 Å². The van der Waals surface area contributed by atoms with Crippen LogP contribution in [0.5, 0.6) is 5.75 Å². The van der Waals surface area contributed by atoms with E-state index < -0.39 is 18.6 Å². The van der Waals surface area contributed by atoms with Gasteiger partial charge in [-0.2, -0.15) is 13.2 Å². The highest BCUT2D eigenvalue weighted by Gasteiger charge is 2.31. The molecule has 1 aromatic rings. The summed E-state index contributed by atoms with van der Waals surface area (Å²) in [4.78, 5) is 16.9. The van der Waals surface area contributed by atoms with E-state index in [-0.39, 0.29) is 30.5 Å². The zero-order chi connectivity index (χ0) is 21.2. The number of rotatable bonds is 9. The lowest BCUT2D eigenvalue weighted by Gasteiger charge is -2.20. The molecule has 166 valence electrons. The average molecular weight is 530 g/mol. The zero-order valence-electron chi connectivity index (χ0n) is 17.2. The van der Waals surface area contributed by atoms with Crippen LogP contribution < -0.4 is 15.4 Å². The van der Waals surface area contributed by atoms with Crippen molar-refractivity contribution in [3.63, 3.8) is 0 Å². The van der Waals surface area contributed by atoms with Crippen molar-refractivity contribution >= 4 is 35.8 Å². The molecule has 0 aliphatic heterocycles. The van der Waals surface area contributed by atoms with Crippen LogP contribution in [0.15, 0.2) is 23.2 Å². The third-order valence-electron chi connectivity index (χ3n) is 3.69. The number of benzene rings is 1. The van der Waals surface area contributed by atoms with Crippen LogP contribution in [-0.2, 0) is 11.3 Å².